The first kappa shape index (κ1) is 9.56. The van der Waals surface area contributed by atoms with Crippen LogP contribution in [0.15, 0.2) is 49.1 Å². The zero-order valence-electron chi connectivity index (χ0n) is 5.62. The second kappa shape index (κ2) is 6.68. The van der Waals surface area contributed by atoms with Crippen LogP contribution in [0.5, 0.6) is 0 Å². The molecule has 0 spiro atoms. The Morgan fingerprint density at radius 1 is 0.545 bits per heavy atom. The van der Waals surface area contributed by atoms with Crippen molar-refractivity contribution in [3.05, 3.63) is 49.1 Å². The summed E-state index contributed by atoms with van der Waals surface area (Å²) >= 11 is 0. The Morgan fingerprint density at radius 3 is 0.909 bits per heavy atom. The molecule has 0 saturated heterocycles. The summed E-state index contributed by atoms with van der Waals surface area (Å²) in [6.07, 6.45) is 7.50. The van der Waals surface area contributed by atoms with Crippen LogP contribution in [0.2, 0.25) is 0 Å². The van der Waals surface area contributed by atoms with E-state index in [9.17, 15) is 0 Å². The average molecular weight is 150 g/mol. The summed E-state index contributed by atoms with van der Waals surface area (Å²) in [5, 5.41) is 0. The van der Waals surface area contributed by atoms with E-state index in [2.05, 4.69) is 9.97 Å². The van der Waals surface area contributed by atoms with Gasteiger partial charge in [0.1, 0.15) is 0 Å². The van der Waals surface area contributed by atoms with Crippen molar-refractivity contribution in [2.45, 2.75) is 7.43 Å². The first-order chi connectivity index (χ1) is 5.00. The van der Waals surface area contributed by atoms with Crippen molar-refractivity contribution in [2.24, 2.45) is 0 Å². The zero-order chi connectivity index (χ0) is 7.07. The van der Waals surface area contributed by atoms with Crippen molar-refractivity contribution >= 4 is 0 Å². The van der Waals surface area contributed by atoms with Crippen LogP contribution in [0.4, 0.5) is 0 Å². The average Bonchev–Trinajstić information content (AvgIpc) is 2.67. The quantitative estimate of drug-likeness (QED) is 0.578. The molecule has 2 N–H and O–H groups in total. The second-order valence-corrected chi connectivity index (χ2v) is 1.77. The molecule has 2 rings (SSSR count). The van der Waals surface area contributed by atoms with Crippen LogP contribution in [0.1, 0.15) is 7.43 Å². The second-order valence-electron chi connectivity index (χ2n) is 1.77. The lowest BCUT2D eigenvalue weighted by atomic mass is 10.7. The number of H-pyrrole nitrogens is 2. The lowest BCUT2D eigenvalue weighted by molar-refractivity contribution is 1.41. The molecule has 2 nitrogen and oxygen atoms in total. The maximum absolute atomic E-state index is 2.86. The minimum atomic E-state index is 0. The maximum Gasteiger partial charge on any atom is 0.000496 e. The molecular weight excluding hydrogens is 136 g/mol. The molecule has 0 fully saturated rings. The molecule has 0 radical (unpaired) electrons. The van der Waals surface area contributed by atoms with Crippen LogP contribution < -0.4 is 0 Å². The van der Waals surface area contributed by atoms with Crippen molar-refractivity contribution in [2.75, 3.05) is 0 Å². The Balaban J connectivity index is 0.000000167. The van der Waals surface area contributed by atoms with E-state index < -0.39 is 0 Å². The summed E-state index contributed by atoms with van der Waals surface area (Å²) in [5.41, 5.74) is 0. The maximum atomic E-state index is 2.86. The van der Waals surface area contributed by atoms with E-state index in [1.54, 1.807) is 0 Å². The molecule has 2 heterocycles. The fourth-order valence-corrected chi connectivity index (χ4v) is 0.556. The lowest BCUT2D eigenvalue weighted by Crippen LogP contribution is -1.38. The number of aromatic amines is 2. The number of hydrogen-bond acceptors (Lipinski definition) is 0. The predicted octanol–water partition coefficient (Wildman–Crippen LogP) is 2.67. The molecule has 0 aliphatic carbocycles. The molecular formula is C9H14N2. The highest BCUT2D eigenvalue weighted by Gasteiger charge is 1.56. The van der Waals surface area contributed by atoms with Gasteiger partial charge in [-0.15, -0.1) is 0 Å². The van der Waals surface area contributed by atoms with Crippen LogP contribution in [0.3, 0.4) is 0 Å². The van der Waals surface area contributed by atoms with E-state index in [0.717, 1.165) is 0 Å². The molecule has 2 heteroatoms. The molecule has 0 saturated carbocycles. The van der Waals surface area contributed by atoms with Gasteiger partial charge in [0.05, 0.1) is 0 Å². The van der Waals surface area contributed by atoms with Crippen LogP contribution in [0.25, 0.3) is 0 Å². The van der Waals surface area contributed by atoms with Crippen molar-refractivity contribution in [1.82, 2.24) is 9.97 Å². The third-order valence-electron chi connectivity index (χ3n) is 0.992. The standard InChI is InChI=1S/2C4H5N.CH4/c2*1-2-4-5-3-1;/h2*1-5H;1H4. The molecule has 0 unspecified atom stereocenters. The minimum Gasteiger partial charge on any atom is -0.368 e. The topological polar surface area (TPSA) is 31.6 Å². The zero-order valence-corrected chi connectivity index (χ0v) is 5.62. The molecule has 0 bridgehead atoms. The van der Waals surface area contributed by atoms with E-state index >= 15 is 0 Å². The molecule has 0 aliphatic rings. The largest absolute Gasteiger partial charge is 0.368 e. The Morgan fingerprint density at radius 2 is 0.818 bits per heavy atom. The molecule has 0 amide bonds. The summed E-state index contributed by atoms with van der Waals surface area (Å²) in [6.45, 7) is 0. The molecule has 0 aliphatic heterocycles. The number of rotatable bonds is 0. The van der Waals surface area contributed by atoms with E-state index in [0.29, 0.717) is 0 Å². The van der Waals surface area contributed by atoms with Gasteiger partial charge in [-0.05, 0) is 24.3 Å². The normalized spacial score (nSPS) is 7.27. The van der Waals surface area contributed by atoms with Gasteiger partial charge >= 0.3 is 0 Å². The highest BCUT2D eigenvalue weighted by molar-refractivity contribution is 4.85. The molecule has 2 aromatic rings. The van der Waals surface area contributed by atoms with E-state index in [-0.39, 0.29) is 7.43 Å². The Labute approximate surface area is 67.3 Å². The summed E-state index contributed by atoms with van der Waals surface area (Å²) < 4.78 is 0. The van der Waals surface area contributed by atoms with Gasteiger partial charge in [-0.3, -0.25) is 0 Å². The Kier molecular flexibility index (Phi) is 5.80. The molecule has 2 aromatic heterocycles. The smallest absolute Gasteiger partial charge is 0.000496 e. The Hall–Kier alpha value is -1.44. The van der Waals surface area contributed by atoms with Gasteiger partial charge in [-0.1, -0.05) is 7.43 Å². The van der Waals surface area contributed by atoms with Crippen LogP contribution in [0, 0.1) is 0 Å². The molecule has 60 valence electrons. The predicted molar refractivity (Wildman–Crippen MR) is 48.3 cm³/mol. The first-order valence-corrected chi connectivity index (χ1v) is 3.15. The number of hydrogen-bond donors (Lipinski definition) is 2. The van der Waals surface area contributed by atoms with Crippen LogP contribution in [-0.4, -0.2) is 9.97 Å². The van der Waals surface area contributed by atoms with Crippen molar-refractivity contribution < 1.29 is 0 Å². The third-order valence-corrected chi connectivity index (χ3v) is 0.992. The van der Waals surface area contributed by atoms with Crippen molar-refractivity contribution in [3.8, 4) is 0 Å². The highest BCUT2D eigenvalue weighted by atomic mass is 14.6. The van der Waals surface area contributed by atoms with Crippen LogP contribution in [-0.2, 0) is 0 Å². The van der Waals surface area contributed by atoms with Gasteiger partial charge < -0.3 is 9.97 Å². The van der Waals surface area contributed by atoms with Crippen molar-refractivity contribution in [3.63, 3.8) is 0 Å². The fourth-order valence-electron chi connectivity index (χ4n) is 0.556. The summed E-state index contributed by atoms with van der Waals surface area (Å²) in [7, 11) is 0. The SMILES string of the molecule is C.c1cc[nH]c1.c1cc[nH]c1. The van der Waals surface area contributed by atoms with Crippen LogP contribution >= 0.6 is 0 Å². The Bertz CT molecular complexity index is 147. The van der Waals surface area contributed by atoms with Gasteiger partial charge in [0.15, 0.2) is 0 Å². The van der Waals surface area contributed by atoms with Gasteiger partial charge in [-0.25, -0.2) is 0 Å². The van der Waals surface area contributed by atoms with Gasteiger partial charge in [0.25, 0.3) is 0 Å². The summed E-state index contributed by atoms with van der Waals surface area (Å²) in [4.78, 5) is 5.72. The van der Waals surface area contributed by atoms with Gasteiger partial charge in [0, 0.05) is 24.8 Å². The van der Waals surface area contributed by atoms with Gasteiger partial charge in [-0.2, -0.15) is 0 Å². The minimum absolute atomic E-state index is 0. The monoisotopic (exact) mass is 150 g/mol. The number of nitrogens with one attached hydrogen (secondary N) is 2. The van der Waals surface area contributed by atoms with Crippen molar-refractivity contribution in [1.29, 1.82) is 0 Å². The highest BCUT2D eigenvalue weighted by Crippen LogP contribution is 1.72. The first-order valence-electron chi connectivity index (χ1n) is 3.15. The van der Waals surface area contributed by atoms with Gasteiger partial charge in [0.2, 0.25) is 0 Å². The lowest BCUT2D eigenvalue weighted by Gasteiger charge is -1.49. The third kappa shape index (κ3) is 5.03. The number of aromatic nitrogens is 2. The summed E-state index contributed by atoms with van der Waals surface area (Å²) in [6, 6.07) is 7.78. The summed E-state index contributed by atoms with van der Waals surface area (Å²) in [5.74, 6) is 0. The van der Waals surface area contributed by atoms with E-state index in [1.165, 1.54) is 0 Å². The fraction of sp³-hybridized carbons (Fsp3) is 0.111. The van der Waals surface area contributed by atoms with E-state index in [4.69, 9.17) is 0 Å². The molecule has 11 heavy (non-hydrogen) atoms. The van der Waals surface area contributed by atoms with E-state index in [1.807, 2.05) is 49.1 Å². The molecule has 0 aromatic carbocycles. The molecule has 0 atom stereocenters.